The fourth-order valence-corrected chi connectivity index (χ4v) is 4.41. The van der Waals surface area contributed by atoms with Gasteiger partial charge in [-0.05, 0) is 48.9 Å². The minimum atomic E-state index is -3.82. The number of carbonyl (C=O) groups excluding carboxylic acids is 1. The number of oxime groups is 1. The number of piperidine rings is 1. The van der Waals surface area contributed by atoms with Gasteiger partial charge in [-0.3, -0.25) is 4.79 Å². The third-order valence-electron chi connectivity index (χ3n) is 6.15. The molecule has 1 amide bonds. The molecule has 2 atom stereocenters. The zero-order valence-corrected chi connectivity index (χ0v) is 18.3. The minimum absolute atomic E-state index is 0.132. The van der Waals surface area contributed by atoms with E-state index in [-0.39, 0.29) is 37.3 Å². The van der Waals surface area contributed by atoms with Crippen molar-refractivity contribution in [1.29, 1.82) is 0 Å². The lowest BCUT2D eigenvalue weighted by atomic mass is 9.90. The summed E-state index contributed by atoms with van der Waals surface area (Å²) < 4.78 is 64.7. The smallest absolute Gasteiger partial charge is 0.314 e. The number of ether oxygens (including phenoxy) is 1. The van der Waals surface area contributed by atoms with E-state index in [2.05, 4.69) is 17.1 Å². The highest BCUT2D eigenvalue weighted by Crippen LogP contribution is 2.42. The molecule has 4 rings (SSSR count). The van der Waals surface area contributed by atoms with Gasteiger partial charge in [-0.15, -0.1) is 0 Å². The Morgan fingerprint density at radius 1 is 1.15 bits per heavy atom. The molecule has 180 valence electrons. The average molecular weight is 477 g/mol. The molecule has 2 fully saturated rings. The molecule has 0 aromatic heterocycles. The number of carbonyl (C=O) groups is 1. The van der Waals surface area contributed by atoms with Gasteiger partial charge in [0.15, 0.2) is 0 Å². The summed E-state index contributed by atoms with van der Waals surface area (Å²) in [5.74, 6) is -6.21. The molecule has 2 aromatic carbocycles. The lowest BCUT2D eigenvalue weighted by Gasteiger charge is -2.49. The van der Waals surface area contributed by atoms with Gasteiger partial charge < -0.3 is 20.2 Å². The lowest BCUT2D eigenvalue weighted by Crippen LogP contribution is -2.58. The molecule has 0 radical (unpaired) electrons. The Labute approximate surface area is 193 Å². The highest BCUT2D eigenvalue weighted by molar-refractivity contribution is 6.04. The number of aryl methyl sites for hydroxylation is 1. The number of benzene rings is 2. The highest BCUT2D eigenvalue weighted by Gasteiger charge is 2.48. The number of alkyl halides is 2. The van der Waals surface area contributed by atoms with Crippen LogP contribution in [-0.4, -0.2) is 47.0 Å². The molecule has 2 heterocycles. The van der Waals surface area contributed by atoms with Crippen molar-refractivity contribution >= 4 is 17.3 Å². The van der Waals surface area contributed by atoms with E-state index in [9.17, 15) is 13.6 Å². The molecule has 6 nitrogen and oxygen atoms in total. The molecule has 2 aromatic rings. The molecule has 2 N–H and O–H groups in total. The predicted octanol–water partition coefficient (Wildman–Crippen LogP) is 4.82. The summed E-state index contributed by atoms with van der Waals surface area (Å²) in [4.78, 5) is 14.1. The predicted molar refractivity (Wildman–Crippen MR) is 117 cm³/mol. The second-order valence-corrected chi connectivity index (χ2v) is 8.46. The van der Waals surface area contributed by atoms with Gasteiger partial charge in [-0.1, -0.05) is 11.7 Å². The van der Waals surface area contributed by atoms with Gasteiger partial charge in [0.05, 0.1) is 42.3 Å². The largest absolute Gasteiger partial charge is 0.411 e. The summed E-state index contributed by atoms with van der Waals surface area (Å²) in [6, 6.07) is 5.53. The summed E-state index contributed by atoms with van der Waals surface area (Å²) in [7, 11) is 0. The maximum atomic E-state index is 15.6. The van der Waals surface area contributed by atoms with Crippen LogP contribution in [0.25, 0.3) is 0 Å². The monoisotopic (exact) mass is 477 g/mol. The van der Waals surface area contributed by atoms with E-state index < -0.39 is 46.8 Å². The van der Waals surface area contributed by atoms with Gasteiger partial charge in [0.25, 0.3) is 5.91 Å². The molecule has 0 saturated carbocycles. The first-order valence-corrected chi connectivity index (χ1v) is 10.6. The maximum Gasteiger partial charge on any atom is 0.314 e. The van der Waals surface area contributed by atoms with Crippen LogP contribution in [0, 0.1) is 18.6 Å². The number of rotatable bonds is 5. The number of morpholine rings is 1. The molecule has 0 aliphatic carbocycles. The number of fused-ring (bicyclic) bond motifs is 2. The van der Waals surface area contributed by atoms with E-state index in [1.165, 1.54) is 30.0 Å². The molecule has 10 heteroatoms. The Balaban J connectivity index is 1.60. The van der Waals surface area contributed by atoms with Gasteiger partial charge in [-0.25, -0.2) is 8.78 Å². The molecular formula is C24H23F4N3O3. The number of halogens is 4. The first kappa shape index (κ1) is 23.7. The lowest BCUT2D eigenvalue weighted by molar-refractivity contribution is -0.0756. The van der Waals surface area contributed by atoms with Crippen molar-refractivity contribution in [2.45, 2.75) is 37.8 Å². The summed E-state index contributed by atoms with van der Waals surface area (Å²) >= 11 is 0. The van der Waals surface area contributed by atoms with Crippen LogP contribution in [0.1, 0.15) is 34.3 Å². The third-order valence-corrected chi connectivity index (χ3v) is 6.15. The Bertz CT molecular complexity index is 1150. The van der Waals surface area contributed by atoms with Gasteiger partial charge >= 0.3 is 5.92 Å². The van der Waals surface area contributed by atoms with Gasteiger partial charge in [0.1, 0.15) is 11.6 Å². The fourth-order valence-electron chi connectivity index (χ4n) is 4.41. The van der Waals surface area contributed by atoms with Crippen molar-refractivity contribution < 1.29 is 32.3 Å². The molecule has 34 heavy (non-hydrogen) atoms. The molecular weight excluding hydrogens is 454 g/mol. The van der Waals surface area contributed by atoms with Crippen molar-refractivity contribution in [3.63, 3.8) is 0 Å². The van der Waals surface area contributed by atoms with E-state index in [0.29, 0.717) is 11.3 Å². The first-order chi connectivity index (χ1) is 16.1. The second-order valence-electron chi connectivity index (χ2n) is 8.46. The molecule has 2 unspecified atom stereocenters. The zero-order chi connectivity index (χ0) is 24.6. The summed E-state index contributed by atoms with van der Waals surface area (Å²) in [5.41, 5.74) is -0.747. The van der Waals surface area contributed by atoms with Crippen LogP contribution in [0.5, 0.6) is 0 Å². The van der Waals surface area contributed by atoms with Crippen molar-refractivity contribution in [2.75, 3.05) is 18.5 Å². The molecule has 2 aliphatic heterocycles. The van der Waals surface area contributed by atoms with Crippen molar-refractivity contribution in [3.8, 4) is 0 Å². The second kappa shape index (κ2) is 9.09. The highest BCUT2D eigenvalue weighted by atomic mass is 19.3. The SMILES string of the molecule is C=C(N1C2COCC1CC(=NO)C2)C(F)(F)c1cc(C(=O)Nc2ccc(F)c(C)c2)ccc1F. The number of amides is 1. The van der Waals surface area contributed by atoms with Crippen LogP contribution in [0.15, 0.2) is 53.8 Å². The van der Waals surface area contributed by atoms with Crippen LogP contribution in [0.2, 0.25) is 0 Å². The van der Waals surface area contributed by atoms with E-state index in [1.807, 2.05) is 0 Å². The Kier molecular flexibility index (Phi) is 6.35. The quantitative estimate of drug-likeness (QED) is 0.368. The van der Waals surface area contributed by atoms with Crippen molar-refractivity contribution in [2.24, 2.45) is 5.16 Å². The van der Waals surface area contributed by atoms with Gasteiger partial charge in [-0.2, -0.15) is 8.78 Å². The van der Waals surface area contributed by atoms with Gasteiger partial charge in [0.2, 0.25) is 0 Å². The zero-order valence-electron chi connectivity index (χ0n) is 18.3. The van der Waals surface area contributed by atoms with Crippen LogP contribution >= 0.6 is 0 Å². The number of nitrogens with zero attached hydrogens (tertiary/aromatic N) is 2. The Morgan fingerprint density at radius 3 is 2.41 bits per heavy atom. The van der Waals surface area contributed by atoms with Crippen LogP contribution in [-0.2, 0) is 10.7 Å². The number of anilines is 1. The fraction of sp³-hybridized carbons (Fsp3) is 0.333. The summed E-state index contributed by atoms with van der Waals surface area (Å²) in [6.45, 7) is 5.36. The van der Waals surface area contributed by atoms with Crippen molar-refractivity contribution in [1.82, 2.24) is 4.90 Å². The summed E-state index contributed by atoms with van der Waals surface area (Å²) in [6.07, 6.45) is 0.425. The van der Waals surface area contributed by atoms with E-state index in [1.54, 1.807) is 0 Å². The van der Waals surface area contributed by atoms with E-state index in [0.717, 1.165) is 18.2 Å². The first-order valence-electron chi connectivity index (χ1n) is 10.6. The standard InChI is InChI=1S/C24H23F4N3O3/c1-13-7-16(4-6-21(13)25)29-23(32)15-3-5-22(26)20(8-15)24(27,28)14(2)31-18-9-17(30-33)10-19(31)12-34-11-18/h3-8,18-19,33H,2,9-12H2,1H3,(H,29,32). The topological polar surface area (TPSA) is 74.2 Å². The molecule has 2 saturated heterocycles. The van der Waals surface area contributed by atoms with E-state index >= 15 is 8.78 Å². The molecule has 2 bridgehead atoms. The number of nitrogens with one attached hydrogen (secondary N) is 1. The normalized spacial score (nSPS) is 20.1. The maximum absolute atomic E-state index is 15.6. The minimum Gasteiger partial charge on any atom is -0.411 e. The number of hydrogen-bond donors (Lipinski definition) is 2. The Morgan fingerprint density at radius 2 is 1.79 bits per heavy atom. The molecule has 2 aliphatic rings. The number of allylic oxidation sites excluding steroid dienone is 1. The van der Waals surface area contributed by atoms with Crippen LogP contribution < -0.4 is 5.32 Å². The van der Waals surface area contributed by atoms with Gasteiger partial charge in [0, 0.05) is 24.1 Å². The summed E-state index contributed by atoms with van der Waals surface area (Å²) in [5, 5.41) is 14.8. The molecule has 0 spiro atoms. The van der Waals surface area contributed by atoms with Crippen LogP contribution in [0.4, 0.5) is 23.2 Å². The third kappa shape index (κ3) is 4.37. The Hall–Kier alpha value is -3.40. The van der Waals surface area contributed by atoms with E-state index in [4.69, 9.17) is 9.94 Å². The average Bonchev–Trinajstić information content (AvgIpc) is 2.80. The van der Waals surface area contributed by atoms with Crippen LogP contribution in [0.3, 0.4) is 0 Å². The van der Waals surface area contributed by atoms with Crippen molar-refractivity contribution in [3.05, 3.63) is 77.0 Å². The number of hydrogen-bond acceptors (Lipinski definition) is 5.